The summed E-state index contributed by atoms with van der Waals surface area (Å²) in [5, 5.41) is 0. The number of benzene rings is 1. The Morgan fingerprint density at radius 3 is 2.64 bits per heavy atom. The highest BCUT2D eigenvalue weighted by molar-refractivity contribution is 5.89. The summed E-state index contributed by atoms with van der Waals surface area (Å²) in [5.74, 6) is 0.216. The van der Waals surface area contributed by atoms with Crippen molar-refractivity contribution in [3.05, 3.63) is 75.8 Å². The fraction of sp³-hybridized carbons (Fsp3) is 0.211. The Bertz CT molecular complexity index is 961. The number of pyridine rings is 1. The lowest BCUT2D eigenvalue weighted by Gasteiger charge is -2.08. The standard InChI is InChI=1S/C19H18N2O4/c1-3-24-16-9-7-14(8-10-16)19(23)25-12-15-11-18(22)21-13(2)5-4-6-17(21)20-15/h4-11H,3,12H2,1-2H3. The Morgan fingerprint density at radius 1 is 1.16 bits per heavy atom. The van der Waals surface area contributed by atoms with Gasteiger partial charge in [-0.3, -0.25) is 9.20 Å². The molecule has 3 rings (SSSR count). The van der Waals surface area contributed by atoms with Crippen LogP contribution < -0.4 is 10.3 Å². The molecule has 25 heavy (non-hydrogen) atoms. The van der Waals surface area contributed by atoms with E-state index < -0.39 is 5.97 Å². The van der Waals surface area contributed by atoms with Crippen LogP contribution >= 0.6 is 0 Å². The molecule has 0 N–H and O–H groups in total. The Morgan fingerprint density at radius 2 is 1.92 bits per heavy atom. The Kier molecular flexibility index (Phi) is 4.79. The van der Waals surface area contributed by atoms with Crippen molar-refractivity contribution in [2.45, 2.75) is 20.5 Å². The molecule has 0 unspecified atom stereocenters. The summed E-state index contributed by atoms with van der Waals surface area (Å²) in [7, 11) is 0. The minimum atomic E-state index is -0.478. The molecule has 0 bridgehead atoms. The number of aromatic nitrogens is 2. The molecule has 0 fully saturated rings. The first kappa shape index (κ1) is 16.7. The number of hydrogen-bond acceptors (Lipinski definition) is 5. The largest absolute Gasteiger partial charge is 0.494 e. The number of carbonyl (C=O) groups excluding carboxylic acids is 1. The highest BCUT2D eigenvalue weighted by Gasteiger charge is 2.10. The van der Waals surface area contributed by atoms with Gasteiger partial charge in [-0.1, -0.05) is 6.07 Å². The van der Waals surface area contributed by atoms with E-state index in [0.717, 1.165) is 5.69 Å². The molecule has 2 aromatic heterocycles. The molecule has 0 radical (unpaired) electrons. The topological polar surface area (TPSA) is 69.9 Å². The van der Waals surface area contributed by atoms with E-state index in [-0.39, 0.29) is 12.2 Å². The van der Waals surface area contributed by atoms with Gasteiger partial charge >= 0.3 is 5.97 Å². The molecule has 0 aliphatic heterocycles. The lowest BCUT2D eigenvalue weighted by atomic mass is 10.2. The smallest absolute Gasteiger partial charge is 0.338 e. The molecule has 0 aliphatic carbocycles. The number of esters is 1. The number of rotatable bonds is 5. The van der Waals surface area contributed by atoms with Gasteiger partial charge in [0.25, 0.3) is 5.56 Å². The molecule has 3 aromatic rings. The van der Waals surface area contributed by atoms with Crippen LogP contribution in [0.3, 0.4) is 0 Å². The third-order valence-corrected chi connectivity index (χ3v) is 3.69. The molecule has 6 nitrogen and oxygen atoms in total. The zero-order valence-corrected chi connectivity index (χ0v) is 14.1. The van der Waals surface area contributed by atoms with Gasteiger partial charge < -0.3 is 9.47 Å². The molecular weight excluding hydrogens is 320 g/mol. The van der Waals surface area contributed by atoms with Crippen LogP contribution in [-0.2, 0) is 11.3 Å². The predicted octanol–water partition coefficient (Wildman–Crippen LogP) is 2.76. The van der Waals surface area contributed by atoms with E-state index in [2.05, 4.69) is 4.98 Å². The lowest BCUT2D eigenvalue weighted by Crippen LogP contribution is -2.18. The number of hydrogen-bond donors (Lipinski definition) is 0. The average Bonchev–Trinajstić information content (AvgIpc) is 2.60. The molecule has 0 saturated carbocycles. The highest BCUT2D eigenvalue weighted by Crippen LogP contribution is 2.13. The van der Waals surface area contributed by atoms with Gasteiger partial charge in [0.15, 0.2) is 0 Å². The molecule has 0 aliphatic rings. The first-order valence-corrected chi connectivity index (χ1v) is 7.97. The molecule has 0 spiro atoms. The first-order chi connectivity index (χ1) is 12.1. The number of aryl methyl sites for hydroxylation is 1. The Balaban J connectivity index is 1.74. The molecule has 0 amide bonds. The number of fused-ring (bicyclic) bond motifs is 1. The highest BCUT2D eigenvalue weighted by atomic mass is 16.5. The maximum atomic E-state index is 12.2. The van der Waals surface area contributed by atoms with Crippen molar-refractivity contribution in [2.75, 3.05) is 6.61 Å². The van der Waals surface area contributed by atoms with Gasteiger partial charge in [-0.25, -0.2) is 9.78 Å². The Hall–Kier alpha value is -3.15. The van der Waals surface area contributed by atoms with Crippen LogP contribution in [0.4, 0.5) is 0 Å². The number of nitrogens with zero attached hydrogens (tertiary/aromatic N) is 2. The quantitative estimate of drug-likeness (QED) is 0.669. The van der Waals surface area contributed by atoms with Crippen molar-refractivity contribution >= 4 is 11.6 Å². The van der Waals surface area contributed by atoms with E-state index >= 15 is 0 Å². The van der Waals surface area contributed by atoms with Crippen LogP contribution in [0.25, 0.3) is 5.65 Å². The summed E-state index contributed by atoms with van der Waals surface area (Å²) in [6.07, 6.45) is 0. The van der Waals surface area contributed by atoms with Gasteiger partial charge in [-0.2, -0.15) is 0 Å². The van der Waals surface area contributed by atoms with Crippen molar-refractivity contribution < 1.29 is 14.3 Å². The molecule has 0 atom stereocenters. The van der Waals surface area contributed by atoms with Gasteiger partial charge in [-0.05, 0) is 50.2 Å². The molecule has 1 aromatic carbocycles. The first-order valence-electron chi connectivity index (χ1n) is 7.97. The summed E-state index contributed by atoms with van der Waals surface area (Å²) < 4.78 is 12.1. The fourth-order valence-electron chi connectivity index (χ4n) is 2.51. The van der Waals surface area contributed by atoms with E-state index in [1.165, 1.54) is 10.5 Å². The van der Waals surface area contributed by atoms with Gasteiger partial charge in [0, 0.05) is 11.8 Å². The zero-order valence-electron chi connectivity index (χ0n) is 14.1. The fourth-order valence-corrected chi connectivity index (χ4v) is 2.51. The second kappa shape index (κ2) is 7.17. The monoisotopic (exact) mass is 338 g/mol. The van der Waals surface area contributed by atoms with Crippen molar-refractivity contribution in [1.82, 2.24) is 9.38 Å². The maximum absolute atomic E-state index is 12.2. The summed E-state index contributed by atoms with van der Waals surface area (Å²) >= 11 is 0. The van der Waals surface area contributed by atoms with Gasteiger partial charge in [0.1, 0.15) is 18.0 Å². The summed E-state index contributed by atoms with van der Waals surface area (Å²) in [4.78, 5) is 28.7. The van der Waals surface area contributed by atoms with Crippen molar-refractivity contribution in [2.24, 2.45) is 0 Å². The van der Waals surface area contributed by atoms with Crippen LogP contribution in [0, 0.1) is 6.92 Å². The van der Waals surface area contributed by atoms with Crippen molar-refractivity contribution in [1.29, 1.82) is 0 Å². The maximum Gasteiger partial charge on any atom is 0.338 e. The molecule has 0 saturated heterocycles. The van der Waals surface area contributed by atoms with Crippen molar-refractivity contribution in [3.8, 4) is 5.75 Å². The Labute approximate surface area is 144 Å². The van der Waals surface area contributed by atoms with Crippen LogP contribution in [0.1, 0.15) is 28.7 Å². The van der Waals surface area contributed by atoms with Crippen LogP contribution in [0.15, 0.2) is 53.3 Å². The lowest BCUT2D eigenvalue weighted by molar-refractivity contribution is 0.0467. The third kappa shape index (κ3) is 3.68. The number of ether oxygens (including phenoxy) is 2. The molecule has 6 heteroatoms. The average molecular weight is 338 g/mol. The molecular formula is C19H18N2O4. The van der Waals surface area contributed by atoms with Crippen LogP contribution in [0.2, 0.25) is 0 Å². The van der Waals surface area contributed by atoms with E-state index in [9.17, 15) is 9.59 Å². The zero-order chi connectivity index (χ0) is 17.8. The minimum absolute atomic E-state index is 0.0638. The SMILES string of the molecule is CCOc1ccc(C(=O)OCc2cc(=O)n3c(C)cccc3n2)cc1. The second-order valence-electron chi connectivity index (χ2n) is 5.48. The second-order valence-corrected chi connectivity index (χ2v) is 5.48. The van der Waals surface area contributed by atoms with E-state index in [1.807, 2.05) is 26.0 Å². The van der Waals surface area contributed by atoms with Crippen LogP contribution in [0.5, 0.6) is 5.75 Å². The van der Waals surface area contributed by atoms with Gasteiger partial charge in [0.2, 0.25) is 0 Å². The normalized spacial score (nSPS) is 10.6. The predicted molar refractivity (Wildman–Crippen MR) is 92.9 cm³/mol. The summed E-state index contributed by atoms with van der Waals surface area (Å²) in [5.41, 5.74) is 1.95. The van der Waals surface area contributed by atoms with Gasteiger partial charge in [0.05, 0.1) is 17.9 Å². The van der Waals surface area contributed by atoms with E-state index in [4.69, 9.17) is 9.47 Å². The van der Waals surface area contributed by atoms with E-state index in [0.29, 0.717) is 29.3 Å². The minimum Gasteiger partial charge on any atom is -0.494 e. The molecule has 128 valence electrons. The molecule has 2 heterocycles. The van der Waals surface area contributed by atoms with Gasteiger partial charge in [-0.15, -0.1) is 0 Å². The number of carbonyl (C=O) groups is 1. The van der Waals surface area contributed by atoms with Crippen molar-refractivity contribution in [3.63, 3.8) is 0 Å². The van der Waals surface area contributed by atoms with Crippen LogP contribution in [-0.4, -0.2) is 22.0 Å². The summed E-state index contributed by atoms with van der Waals surface area (Å²) in [6, 6.07) is 13.5. The third-order valence-electron chi connectivity index (χ3n) is 3.69. The van der Waals surface area contributed by atoms with E-state index in [1.54, 1.807) is 30.3 Å². The summed E-state index contributed by atoms with van der Waals surface area (Å²) in [6.45, 7) is 4.22.